The van der Waals surface area contributed by atoms with Crippen molar-refractivity contribution < 1.29 is 19.4 Å². The van der Waals surface area contributed by atoms with Crippen molar-refractivity contribution >= 4 is 23.4 Å². The maximum Gasteiger partial charge on any atom is 0.337 e. The van der Waals surface area contributed by atoms with E-state index in [9.17, 15) is 9.59 Å². The molecule has 2 rings (SSSR count). The summed E-state index contributed by atoms with van der Waals surface area (Å²) in [7, 11) is 0. The van der Waals surface area contributed by atoms with Crippen molar-refractivity contribution in [2.75, 3.05) is 37.4 Å². The van der Waals surface area contributed by atoms with E-state index in [-0.39, 0.29) is 17.2 Å². The van der Waals surface area contributed by atoms with Crippen molar-refractivity contribution in [3.05, 3.63) is 17.8 Å². The Morgan fingerprint density at radius 3 is 2.71 bits per heavy atom. The number of carbonyl (C=O) groups excluding carboxylic acids is 1. The number of hydrogen-bond acceptors (Lipinski definition) is 6. The van der Waals surface area contributed by atoms with Crippen LogP contribution in [0.5, 0.6) is 0 Å². The third-order valence-corrected chi connectivity index (χ3v) is 3.21. The molecule has 1 amide bonds. The molecule has 0 bridgehead atoms. The number of nitrogens with two attached hydrogens (primary N) is 1. The summed E-state index contributed by atoms with van der Waals surface area (Å²) < 4.78 is 5.20. The number of ether oxygens (including phenoxy) is 1. The molecule has 0 saturated carbocycles. The molecule has 0 aromatic carbocycles. The zero-order valence-corrected chi connectivity index (χ0v) is 11.7. The van der Waals surface area contributed by atoms with E-state index in [0.717, 1.165) is 0 Å². The molecule has 21 heavy (non-hydrogen) atoms. The average molecular weight is 294 g/mol. The van der Waals surface area contributed by atoms with Gasteiger partial charge in [-0.3, -0.25) is 4.79 Å². The topological polar surface area (TPSA) is 118 Å². The van der Waals surface area contributed by atoms with Crippen molar-refractivity contribution in [2.24, 2.45) is 0 Å². The molecule has 1 unspecified atom stereocenters. The number of morpholine rings is 1. The predicted molar refractivity (Wildman–Crippen MR) is 76.1 cm³/mol. The highest BCUT2D eigenvalue weighted by molar-refractivity contribution is 5.90. The Kier molecular flexibility index (Phi) is 4.59. The molecule has 1 aliphatic heterocycles. The van der Waals surface area contributed by atoms with E-state index < -0.39 is 12.0 Å². The van der Waals surface area contributed by atoms with Crippen LogP contribution >= 0.6 is 0 Å². The Labute approximate surface area is 121 Å². The van der Waals surface area contributed by atoms with Gasteiger partial charge in [-0.25, -0.2) is 9.78 Å². The first-order chi connectivity index (χ1) is 9.99. The number of pyridine rings is 1. The third kappa shape index (κ3) is 3.60. The van der Waals surface area contributed by atoms with Crippen molar-refractivity contribution in [3.63, 3.8) is 0 Å². The van der Waals surface area contributed by atoms with Crippen LogP contribution in [0.4, 0.5) is 11.5 Å². The molecule has 114 valence electrons. The van der Waals surface area contributed by atoms with Gasteiger partial charge in [-0.2, -0.15) is 0 Å². The number of aromatic nitrogens is 1. The van der Waals surface area contributed by atoms with E-state index in [1.54, 1.807) is 11.8 Å². The number of nitrogens with zero attached hydrogens (tertiary/aromatic N) is 2. The molecule has 8 nitrogen and oxygen atoms in total. The minimum Gasteiger partial charge on any atom is -0.478 e. The fourth-order valence-corrected chi connectivity index (χ4v) is 2.04. The fraction of sp³-hybridized carbons (Fsp3) is 0.462. The second-order valence-corrected chi connectivity index (χ2v) is 4.77. The summed E-state index contributed by atoms with van der Waals surface area (Å²) in [5.41, 5.74) is 5.95. The third-order valence-electron chi connectivity index (χ3n) is 3.21. The second kappa shape index (κ2) is 6.40. The van der Waals surface area contributed by atoms with Crippen molar-refractivity contribution in [1.82, 2.24) is 9.88 Å². The van der Waals surface area contributed by atoms with Crippen molar-refractivity contribution in [3.8, 4) is 0 Å². The summed E-state index contributed by atoms with van der Waals surface area (Å²) in [6.45, 7) is 3.90. The van der Waals surface area contributed by atoms with E-state index in [2.05, 4.69) is 10.3 Å². The largest absolute Gasteiger partial charge is 0.478 e. The number of carboxylic acid groups (broad SMARTS) is 1. The SMILES string of the molecule is CC(Nc1ncc(C(=O)O)cc1N)C(=O)N1CCOCC1. The number of nitrogens with one attached hydrogen (secondary N) is 1. The number of amides is 1. The maximum atomic E-state index is 12.2. The van der Waals surface area contributed by atoms with E-state index in [0.29, 0.717) is 32.1 Å². The number of rotatable bonds is 4. The Bertz CT molecular complexity index is 543. The molecular weight excluding hydrogens is 276 g/mol. The van der Waals surface area contributed by atoms with Gasteiger partial charge in [0.15, 0.2) is 0 Å². The molecular formula is C13H18N4O4. The predicted octanol–water partition coefficient (Wildman–Crippen LogP) is 0.0212. The molecule has 0 aliphatic carbocycles. The van der Waals surface area contributed by atoms with Gasteiger partial charge in [-0.1, -0.05) is 0 Å². The molecule has 8 heteroatoms. The summed E-state index contributed by atoms with van der Waals surface area (Å²) in [5.74, 6) is -0.867. The van der Waals surface area contributed by atoms with Gasteiger partial charge in [0.2, 0.25) is 5.91 Å². The molecule has 1 aromatic rings. The van der Waals surface area contributed by atoms with Gasteiger partial charge in [0.25, 0.3) is 0 Å². The van der Waals surface area contributed by atoms with Gasteiger partial charge in [0.05, 0.1) is 24.5 Å². The Balaban J connectivity index is 2.03. The fourth-order valence-electron chi connectivity index (χ4n) is 2.04. The summed E-state index contributed by atoms with van der Waals surface area (Å²) in [6, 6.07) is 0.803. The van der Waals surface area contributed by atoms with Crippen LogP contribution in [-0.4, -0.2) is 59.2 Å². The van der Waals surface area contributed by atoms with Gasteiger partial charge in [-0.05, 0) is 13.0 Å². The first-order valence-corrected chi connectivity index (χ1v) is 6.61. The number of nitrogen functional groups attached to an aromatic ring is 1. The van der Waals surface area contributed by atoms with Crippen LogP contribution in [0.2, 0.25) is 0 Å². The minimum atomic E-state index is -1.10. The maximum absolute atomic E-state index is 12.2. The van der Waals surface area contributed by atoms with Crippen LogP contribution < -0.4 is 11.1 Å². The lowest BCUT2D eigenvalue weighted by Crippen LogP contribution is -2.47. The molecule has 4 N–H and O–H groups in total. The molecule has 0 radical (unpaired) electrons. The van der Waals surface area contributed by atoms with E-state index in [1.807, 2.05) is 0 Å². The lowest BCUT2D eigenvalue weighted by Gasteiger charge is -2.29. The van der Waals surface area contributed by atoms with E-state index >= 15 is 0 Å². The Hall–Kier alpha value is -2.35. The van der Waals surface area contributed by atoms with Gasteiger partial charge in [-0.15, -0.1) is 0 Å². The van der Waals surface area contributed by atoms with Crippen LogP contribution in [0.15, 0.2) is 12.3 Å². The highest BCUT2D eigenvalue weighted by Gasteiger charge is 2.23. The van der Waals surface area contributed by atoms with Crippen LogP contribution in [-0.2, 0) is 9.53 Å². The van der Waals surface area contributed by atoms with Crippen LogP contribution in [0.3, 0.4) is 0 Å². The van der Waals surface area contributed by atoms with Gasteiger partial charge < -0.3 is 25.8 Å². The average Bonchev–Trinajstić information content (AvgIpc) is 2.49. The normalized spacial score (nSPS) is 16.3. The number of carbonyl (C=O) groups is 2. The number of hydrogen-bond donors (Lipinski definition) is 3. The second-order valence-electron chi connectivity index (χ2n) is 4.77. The monoisotopic (exact) mass is 294 g/mol. The lowest BCUT2D eigenvalue weighted by atomic mass is 10.2. The van der Waals surface area contributed by atoms with Crippen LogP contribution in [0, 0.1) is 0 Å². The van der Waals surface area contributed by atoms with Crippen LogP contribution in [0.1, 0.15) is 17.3 Å². The lowest BCUT2D eigenvalue weighted by molar-refractivity contribution is -0.135. The highest BCUT2D eigenvalue weighted by Crippen LogP contribution is 2.18. The zero-order valence-electron chi connectivity index (χ0n) is 11.7. The first kappa shape index (κ1) is 15.0. The standard InChI is InChI=1S/C13H18N4O4/c1-8(12(18)17-2-4-21-5-3-17)16-11-10(14)6-9(7-15-11)13(19)20/h6-8H,2-5,14H2,1H3,(H,15,16)(H,19,20). The molecule has 2 heterocycles. The van der Waals surface area contributed by atoms with E-state index in [4.69, 9.17) is 15.6 Å². The smallest absolute Gasteiger partial charge is 0.337 e. The Morgan fingerprint density at radius 1 is 1.48 bits per heavy atom. The summed E-state index contributed by atoms with van der Waals surface area (Å²) in [5, 5.41) is 11.8. The first-order valence-electron chi connectivity index (χ1n) is 6.61. The van der Waals surface area contributed by atoms with Crippen LogP contribution in [0.25, 0.3) is 0 Å². The molecule has 1 saturated heterocycles. The van der Waals surface area contributed by atoms with E-state index in [1.165, 1.54) is 12.3 Å². The number of carboxylic acids is 1. The molecule has 0 spiro atoms. The van der Waals surface area contributed by atoms with Gasteiger partial charge in [0, 0.05) is 19.3 Å². The Morgan fingerprint density at radius 2 is 2.14 bits per heavy atom. The molecule has 1 aromatic heterocycles. The number of aromatic carboxylic acids is 1. The molecule has 1 fully saturated rings. The highest BCUT2D eigenvalue weighted by atomic mass is 16.5. The minimum absolute atomic E-state index is 0.00482. The van der Waals surface area contributed by atoms with Crippen molar-refractivity contribution in [1.29, 1.82) is 0 Å². The molecule has 1 atom stereocenters. The van der Waals surface area contributed by atoms with Crippen molar-refractivity contribution in [2.45, 2.75) is 13.0 Å². The van der Waals surface area contributed by atoms with Gasteiger partial charge in [0.1, 0.15) is 11.9 Å². The number of anilines is 2. The zero-order chi connectivity index (χ0) is 15.4. The van der Waals surface area contributed by atoms with Gasteiger partial charge >= 0.3 is 5.97 Å². The summed E-state index contributed by atoms with van der Waals surface area (Å²) in [4.78, 5) is 28.7. The summed E-state index contributed by atoms with van der Waals surface area (Å²) in [6.07, 6.45) is 1.20. The summed E-state index contributed by atoms with van der Waals surface area (Å²) >= 11 is 0. The quantitative estimate of drug-likeness (QED) is 0.716. The molecule has 1 aliphatic rings.